The summed E-state index contributed by atoms with van der Waals surface area (Å²) in [6.07, 6.45) is 1.09. The Morgan fingerprint density at radius 1 is 1.21 bits per heavy atom. The molecule has 1 aromatic carbocycles. The van der Waals surface area contributed by atoms with Crippen molar-refractivity contribution in [1.82, 2.24) is 0 Å². The third kappa shape index (κ3) is 3.06. The van der Waals surface area contributed by atoms with Crippen molar-refractivity contribution in [3.05, 3.63) is 29.8 Å². The fraction of sp³-hybridized carbons (Fsp3) is 0.538. The molecule has 0 fully saturated rings. The molecule has 1 heteroatoms. The summed E-state index contributed by atoms with van der Waals surface area (Å²) < 4.78 is 0. The van der Waals surface area contributed by atoms with Gasteiger partial charge < -0.3 is 5.11 Å². The molecule has 1 nitrogen and oxygen atoms in total. The van der Waals surface area contributed by atoms with Crippen LogP contribution in [0, 0.1) is 5.41 Å². The lowest BCUT2D eigenvalue weighted by atomic mass is 9.82. The Kier molecular flexibility index (Phi) is 3.20. The lowest BCUT2D eigenvalue weighted by Gasteiger charge is -2.23. The van der Waals surface area contributed by atoms with Gasteiger partial charge in [0.1, 0.15) is 5.75 Å². The summed E-state index contributed by atoms with van der Waals surface area (Å²) in [6.45, 7) is 8.84. The SMILES string of the molecule is CC(CC(C)(C)C)c1ccccc1O. The highest BCUT2D eigenvalue weighted by atomic mass is 16.3. The van der Waals surface area contributed by atoms with Crippen LogP contribution in [0.4, 0.5) is 0 Å². The van der Waals surface area contributed by atoms with Gasteiger partial charge in [-0.2, -0.15) is 0 Å². The minimum atomic E-state index is 0.307. The average molecular weight is 192 g/mol. The highest BCUT2D eigenvalue weighted by molar-refractivity contribution is 5.34. The monoisotopic (exact) mass is 192 g/mol. The van der Waals surface area contributed by atoms with Crippen molar-refractivity contribution in [3.8, 4) is 5.75 Å². The van der Waals surface area contributed by atoms with Crippen molar-refractivity contribution in [2.45, 2.75) is 40.0 Å². The number of phenols is 1. The van der Waals surface area contributed by atoms with E-state index in [9.17, 15) is 5.11 Å². The Bertz CT molecular complexity index is 296. The molecule has 0 heterocycles. The van der Waals surface area contributed by atoms with Gasteiger partial charge in [-0.25, -0.2) is 0 Å². The normalized spacial score (nSPS) is 14.0. The molecule has 0 aromatic heterocycles. The van der Waals surface area contributed by atoms with Crippen LogP contribution >= 0.6 is 0 Å². The standard InChI is InChI=1S/C13H20O/c1-10(9-13(2,3)4)11-7-5-6-8-12(11)14/h5-8,10,14H,9H2,1-4H3. The Balaban J connectivity index is 2.80. The van der Waals surface area contributed by atoms with Gasteiger partial charge in [-0.05, 0) is 29.4 Å². The molecule has 0 saturated carbocycles. The third-order valence-corrected chi connectivity index (χ3v) is 2.39. The zero-order valence-corrected chi connectivity index (χ0v) is 9.54. The largest absolute Gasteiger partial charge is 0.508 e. The first kappa shape index (κ1) is 11.1. The van der Waals surface area contributed by atoms with E-state index >= 15 is 0 Å². The molecule has 0 aliphatic heterocycles. The summed E-state index contributed by atoms with van der Waals surface area (Å²) in [5.74, 6) is 0.834. The van der Waals surface area contributed by atoms with Gasteiger partial charge in [0, 0.05) is 0 Å². The van der Waals surface area contributed by atoms with E-state index in [4.69, 9.17) is 0 Å². The first-order valence-corrected chi connectivity index (χ1v) is 5.18. The Morgan fingerprint density at radius 3 is 2.29 bits per heavy atom. The van der Waals surface area contributed by atoms with Gasteiger partial charge in [-0.3, -0.25) is 0 Å². The maximum Gasteiger partial charge on any atom is 0.119 e. The molecule has 0 spiro atoms. The molecule has 0 radical (unpaired) electrons. The van der Waals surface area contributed by atoms with E-state index in [-0.39, 0.29) is 0 Å². The van der Waals surface area contributed by atoms with Crippen molar-refractivity contribution in [1.29, 1.82) is 0 Å². The number of benzene rings is 1. The van der Waals surface area contributed by atoms with E-state index in [1.807, 2.05) is 18.2 Å². The second kappa shape index (κ2) is 4.04. The molecule has 78 valence electrons. The van der Waals surface area contributed by atoms with Crippen LogP contribution in [0.5, 0.6) is 5.75 Å². The van der Waals surface area contributed by atoms with Crippen LogP contribution in [-0.2, 0) is 0 Å². The number of hydrogen-bond acceptors (Lipinski definition) is 1. The maximum absolute atomic E-state index is 9.68. The quantitative estimate of drug-likeness (QED) is 0.752. The van der Waals surface area contributed by atoms with Gasteiger partial charge in [-0.1, -0.05) is 45.9 Å². The van der Waals surface area contributed by atoms with Crippen LogP contribution in [0.1, 0.15) is 45.6 Å². The summed E-state index contributed by atoms with van der Waals surface area (Å²) in [4.78, 5) is 0. The van der Waals surface area contributed by atoms with E-state index in [0.717, 1.165) is 12.0 Å². The molecule has 1 atom stereocenters. The van der Waals surface area contributed by atoms with Crippen LogP contribution < -0.4 is 0 Å². The summed E-state index contributed by atoms with van der Waals surface area (Å²) >= 11 is 0. The van der Waals surface area contributed by atoms with Crippen LogP contribution in [0.2, 0.25) is 0 Å². The fourth-order valence-electron chi connectivity index (χ4n) is 1.93. The lowest BCUT2D eigenvalue weighted by Crippen LogP contribution is -2.09. The van der Waals surface area contributed by atoms with Gasteiger partial charge in [0.25, 0.3) is 0 Å². The van der Waals surface area contributed by atoms with Crippen molar-refractivity contribution in [2.24, 2.45) is 5.41 Å². The van der Waals surface area contributed by atoms with E-state index in [1.54, 1.807) is 6.07 Å². The highest BCUT2D eigenvalue weighted by Crippen LogP contribution is 2.34. The smallest absolute Gasteiger partial charge is 0.119 e. The lowest BCUT2D eigenvalue weighted by molar-refractivity contribution is 0.344. The molecule has 1 aromatic rings. The second-order valence-corrected chi connectivity index (χ2v) is 5.22. The van der Waals surface area contributed by atoms with Crippen LogP contribution in [0.25, 0.3) is 0 Å². The number of rotatable bonds is 2. The molecule has 1 rings (SSSR count). The van der Waals surface area contributed by atoms with Gasteiger partial charge in [0.15, 0.2) is 0 Å². The topological polar surface area (TPSA) is 20.2 Å². The van der Waals surface area contributed by atoms with E-state index < -0.39 is 0 Å². The molecule has 1 N–H and O–H groups in total. The molecule has 0 bridgehead atoms. The van der Waals surface area contributed by atoms with Crippen LogP contribution in [0.15, 0.2) is 24.3 Å². The van der Waals surface area contributed by atoms with Gasteiger partial charge in [0.05, 0.1) is 0 Å². The average Bonchev–Trinajstić information content (AvgIpc) is 2.01. The maximum atomic E-state index is 9.68. The molecule has 14 heavy (non-hydrogen) atoms. The van der Waals surface area contributed by atoms with Gasteiger partial charge in [-0.15, -0.1) is 0 Å². The summed E-state index contributed by atoms with van der Waals surface area (Å²) in [5, 5.41) is 9.68. The minimum Gasteiger partial charge on any atom is -0.508 e. The molecular weight excluding hydrogens is 172 g/mol. The Hall–Kier alpha value is -0.980. The molecule has 0 aliphatic rings. The van der Waals surface area contributed by atoms with Gasteiger partial charge in [0.2, 0.25) is 0 Å². The second-order valence-electron chi connectivity index (χ2n) is 5.22. The van der Waals surface area contributed by atoms with Crippen LogP contribution in [-0.4, -0.2) is 5.11 Å². The van der Waals surface area contributed by atoms with Crippen molar-refractivity contribution in [3.63, 3.8) is 0 Å². The Labute approximate surface area is 86.8 Å². The fourth-order valence-corrected chi connectivity index (χ4v) is 1.93. The van der Waals surface area contributed by atoms with Crippen LogP contribution in [0.3, 0.4) is 0 Å². The third-order valence-electron chi connectivity index (χ3n) is 2.39. The number of hydrogen-bond donors (Lipinski definition) is 1. The first-order chi connectivity index (χ1) is 6.40. The molecule has 0 aliphatic carbocycles. The van der Waals surface area contributed by atoms with E-state index in [1.165, 1.54) is 0 Å². The first-order valence-electron chi connectivity index (χ1n) is 5.18. The minimum absolute atomic E-state index is 0.307. The molecule has 1 unspecified atom stereocenters. The number of aromatic hydroxyl groups is 1. The zero-order chi connectivity index (χ0) is 10.8. The molecule has 0 amide bonds. The van der Waals surface area contributed by atoms with E-state index in [2.05, 4.69) is 27.7 Å². The number of para-hydroxylation sites is 1. The zero-order valence-electron chi connectivity index (χ0n) is 9.54. The van der Waals surface area contributed by atoms with Crippen molar-refractivity contribution in [2.75, 3.05) is 0 Å². The summed E-state index contributed by atoms with van der Waals surface area (Å²) in [6, 6.07) is 7.61. The summed E-state index contributed by atoms with van der Waals surface area (Å²) in [7, 11) is 0. The van der Waals surface area contributed by atoms with Crippen molar-refractivity contribution >= 4 is 0 Å². The molecule has 0 saturated heterocycles. The molecular formula is C13H20O. The van der Waals surface area contributed by atoms with E-state index in [0.29, 0.717) is 17.1 Å². The highest BCUT2D eigenvalue weighted by Gasteiger charge is 2.18. The van der Waals surface area contributed by atoms with Crippen molar-refractivity contribution < 1.29 is 5.11 Å². The summed E-state index contributed by atoms with van der Waals surface area (Å²) in [5.41, 5.74) is 1.37. The number of phenolic OH excluding ortho intramolecular Hbond substituents is 1. The predicted octanol–water partition coefficient (Wildman–Crippen LogP) is 3.93. The predicted molar refractivity (Wildman–Crippen MR) is 60.6 cm³/mol. The Morgan fingerprint density at radius 2 is 1.79 bits per heavy atom. The van der Waals surface area contributed by atoms with Gasteiger partial charge >= 0.3 is 0 Å².